The van der Waals surface area contributed by atoms with Crippen LogP contribution in [-0.2, 0) is 19.0 Å². The predicted molar refractivity (Wildman–Crippen MR) is 131 cm³/mol. The molecule has 0 aliphatic rings. The maximum atomic E-state index is 12.6. The van der Waals surface area contributed by atoms with Gasteiger partial charge in [-0.1, -0.05) is 41.0 Å². The molecule has 1 aromatic rings. The Hall–Kier alpha value is -2.12. The molecule has 0 aliphatic carbocycles. The van der Waals surface area contributed by atoms with Crippen molar-refractivity contribution in [1.82, 2.24) is 10.3 Å². The topological polar surface area (TPSA) is 69.7 Å². The number of nitrogens with one attached hydrogen (secondary N) is 1. The summed E-state index contributed by atoms with van der Waals surface area (Å²) < 4.78 is 16.5. The predicted octanol–water partition coefficient (Wildman–Crippen LogP) is 3.19. The van der Waals surface area contributed by atoms with Gasteiger partial charge < -0.3 is 19.5 Å². The molecule has 6 nitrogen and oxygen atoms in total. The molecule has 1 N–H and O–H groups in total. The quantitative estimate of drug-likeness (QED) is 0.199. The summed E-state index contributed by atoms with van der Waals surface area (Å²) >= 11 is 0. The Labute approximate surface area is 199 Å². The minimum absolute atomic E-state index is 0.107. The lowest BCUT2D eigenvalue weighted by molar-refractivity contribution is -0.127. The van der Waals surface area contributed by atoms with Gasteiger partial charge in [-0.05, 0) is 35.8 Å². The smallest absolute Gasteiger partial charge is 0.220 e. The number of hydrogen-bond donors (Lipinski definition) is 1. The average Bonchev–Trinajstić information content (AvgIpc) is 2.79. The van der Waals surface area contributed by atoms with Gasteiger partial charge in [-0.2, -0.15) is 0 Å². The number of amides is 1. The van der Waals surface area contributed by atoms with Crippen LogP contribution in [0.25, 0.3) is 0 Å². The minimum atomic E-state index is -0.920. The van der Waals surface area contributed by atoms with Crippen molar-refractivity contribution in [3.63, 3.8) is 0 Å². The summed E-state index contributed by atoms with van der Waals surface area (Å²) in [5.74, 6) is 8.10. The van der Waals surface area contributed by atoms with Crippen molar-refractivity contribution in [2.45, 2.75) is 36.2 Å². The number of rotatable bonds is 18. The van der Waals surface area contributed by atoms with Crippen molar-refractivity contribution in [3.8, 4) is 37.0 Å². The molecule has 32 heavy (non-hydrogen) atoms. The molecule has 0 atom stereocenters. The van der Waals surface area contributed by atoms with Gasteiger partial charge in [0.2, 0.25) is 5.91 Å². The van der Waals surface area contributed by atoms with Gasteiger partial charge in [0.05, 0.1) is 19.8 Å². The molecule has 0 unspecified atom stereocenters. The van der Waals surface area contributed by atoms with Gasteiger partial charge >= 0.3 is 0 Å². The molecule has 0 aromatic carbocycles. The fraction of sp³-hybridized carbons (Fsp3) is 0.500. The summed E-state index contributed by atoms with van der Waals surface area (Å²) in [4.78, 5) is 16.9. The Kier molecular flexibility index (Phi) is 16.1. The highest BCUT2D eigenvalue weighted by atomic mass is 33.1. The summed E-state index contributed by atoms with van der Waals surface area (Å²) in [6, 6.07) is 5.86. The molecule has 0 fully saturated rings. The summed E-state index contributed by atoms with van der Waals surface area (Å²) in [6.45, 7) is 0.695. The number of aromatic nitrogens is 1. The fourth-order valence-corrected chi connectivity index (χ4v) is 4.65. The molecule has 0 spiro atoms. The molecule has 172 valence electrons. The Morgan fingerprint density at radius 2 is 1.59 bits per heavy atom. The van der Waals surface area contributed by atoms with Gasteiger partial charge in [0, 0.05) is 18.4 Å². The molecule has 1 amide bonds. The Morgan fingerprint density at radius 1 is 0.969 bits per heavy atom. The summed E-state index contributed by atoms with van der Waals surface area (Å²) in [5.41, 5.74) is -0.920. The molecule has 0 saturated heterocycles. The van der Waals surface area contributed by atoms with Crippen LogP contribution >= 0.6 is 21.6 Å². The van der Waals surface area contributed by atoms with E-state index in [1.54, 1.807) is 27.8 Å². The second-order valence-corrected chi connectivity index (χ2v) is 9.24. The monoisotopic (exact) mass is 474 g/mol. The lowest BCUT2D eigenvalue weighted by Gasteiger charge is -2.33. The lowest BCUT2D eigenvalue weighted by atomic mass is 10.0. The molecule has 1 rings (SSSR count). The van der Waals surface area contributed by atoms with Crippen LogP contribution in [0.1, 0.15) is 25.7 Å². The first-order valence-corrected chi connectivity index (χ1v) is 12.5. The van der Waals surface area contributed by atoms with E-state index in [9.17, 15) is 4.79 Å². The number of carbonyl (C=O) groups is 1. The standard InChI is InChI=1S/C24H30N2O4S2/c1-4-15-28-19-24(20-29-16-5-2,21-30-17-6-3)26-22(27)12-8-7-11-18-31-32-23-13-9-10-14-25-23/h1-3,9-10,13-14H,7-8,11-12,15-21H2,(H,26,27). The summed E-state index contributed by atoms with van der Waals surface area (Å²) in [7, 11) is 3.43. The van der Waals surface area contributed by atoms with Crippen LogP contribution in [0.3, 0.4) is 0 Å². The normalized spacial score (nSPS) is 10.7. The molecular weight excluding hydrogens is 444 g/mol. The van der Waals surface area contributed by atoms with Crippen LogP contribution in [0.4, 0.5) is 0 Å². The van der Waals surface area contributed by atoms with Crippen LogP contribution < -0.4 is 5.32 Å². The Morgan fingerprint density at radius 3 is 2.12 bits per heavy atom. The van der Waals surface area contributed by atoms with Crippen LogP contribution in [-0.4, -0.2) is 61.8 Å². The highest BCUT2D eigenvalue weighted by molar-refractivity contribution is 8.76. The van der Waals surface area contributed by atoms with Crippen LogP contribution in [0.15, 0.2) is 29.4 Å². The maximum absolute atomic E-state index is 12.6. The first kappa shape index (κ1) is 27.9. The van der Waals surface area contributed by atoms with Gasteiger partial charge in [-0.3, -0.25) is 4.79 Å². The van der Waals surface area contributed by atoms with Gasteiger partial charge in [-0.15, -0.1) is 19.3 Å². The minimum Gasteiger partial charge on any atom is -0.366 e. The van der Waals surface area contributed by atoms with E-state index < -0.39 is 5.54 Å². The highest BCUT2D eigenvalue weighted by Gasteiger charge is 2.33. The molecule has 1 aromatic heterocycles. The molecule has 0 radical (unpaired) electrons. The van der Waals surface area contributed by atoms with Crippen LogP contribution in [0.5, 0.6) is 0 Å². The van der Waals surface area contributed by atoms with Crippen LogP contribution in [0, 0.1) is 37.0 Å². The molecule has 0 aliphatic heterocycles. The maximum Gasteiger partial charge on any atom is 0.220 e. The second-order valence-electron chi connectivity index (χ2n) is 6.80. The van der Waals surface area contributed by atoms with Crippen molar-refractivity contribution in [2.75, 3.05) is 45.4 Å². The van der Waals surface area contributed by atoms with Crippen molar-refractivity contribution in [3.05, 3.63) is 24.4 Å². The Balaban J connectivity index is 2.43. The number of nitrogens with zero attached hydrogens (tertiary/aromatic N) is 1. The first-order chi connectivity index (χ1) is 15.7. The third-order valence-electron chi connectivity index (χ3n) is 4.01. The van der Waals surface area contributed by atoms with E-state index in [0.29, 0.717) is 6.42 Å². The first-order valence-electron chi connectivity index (χ1n) is 10.2. The van der Waals surface area contributed by atoms with Crippen molar-refractivity contribution < 1.29 is 19.0 Å². The van der Waals surface area contributed by atoms with Crippen LogP contribution in [0.2, 0.25) is 0 Å². The fourth-order valence-electron chi connectivity index (χ4n) is 2.63. The molecule has 0 bridgehead atoms. The second kappa shape index (κ2) is 18.5. The third-order valence-corrected chi connectivity index (χ3v) is 6.36. The van der Waals surface area contributed by atoms with Gasteiger partial charge in [-0.25, -0.2) is 4.98 Å². The van der Waals surface area contributed by atoms with Crippen molar-refractivity contribution in [1.29, 1.82) is 0 Å². The number of unbranched alkanes of at least 4 members (excludes halogenated alkanes) is 2. The van der Waals surface area contributed by atoms with E-state index in [0.717, 1.165) is 30.0 Å². The van der Waals surface area contributed by atoms with E-state index in [2.05, 4.69) is 28.1 Å². The van der Waals surface area contributed by atoms with E-state index in [-0.39, 0.29) is 45.5 Å². The van der Waals surface area contributed by atoms with Gasteiger partial charge in [0.25, 0.3) is 0 Å². The molecule has 1 heterocycles. The van der Waals surface area contributed by atoms with Crippen molar-refractivity contribution >= 4 is 27.5 Å². The van der Waals surface area contributed by atoms with E-state index in [1.807, 2.05) is 18.2 Å². The highest BCUT2D eigenvalue weighted by Crippen LogP contribution is 2.29. The number of pyridine rings is 1. The van der Waals surface area contributed by atoms with Gasteiger partial charge in [0.15, 0.2) is 0 Å². The van der Waals surface area contributed by atoms with E-state index in [1.165, 1.54) is 0 Å². The largest absolute Gasteiger partial charge is 0.366 e. The Bertz CT molecular complexity index is 719. The molecule has 8 heteroatoms. The number of hydrogen-bond acceptors (Lipinski definition) is 7. The molecule has 0 saturated carbocycles. The average molecular weight is 475 g/mol. The SMILES string of the molecule is C#CCOCC(COCC#C)(COCC#C)NC(=O)CCCCCSSc1ccccn1. The number of ether oxygens (including phenoxy) is 3. The lowest BCUT2D eigenvalue weighted by Crippen LogP contribution is -2.58. The third kappa shape index (κ3) is 13.3. The van der Waals surface area contributed by atoms with Crippen molar-refractivity contribution in [2.24, 2.45) is 0 Å². The number of terminal acetylenes is 3. The zero-order valence-electron chi connectivity index (χ0n) is 18.2. The summed E-state index contributed by atoms with van der Waals surface area (Å²) in [6.07, 6.45) is 20.7. The summed E-state index contributed by atoms with van der Waals surface area (Å²) in [5, 5.41) is 3.99. The molecular formula is C24H30N2O4S2. The number of carbonyl (C=O) groups excluding carboxylic acids is 1. The van der Waals surface area contributed by atoms with E-state index >= 15 is 0 Å². The van der Waals surface area contributed by atoms with E-state index in [4.69, 9.17) is 33.5 Å². The zero-order valence-corrected chi connectivity index (χ0v) is 19.8. The zero-order chi connectivity index (χ0) is 23.3. The van der Waals surface area contributed by atoms with Gasteiger partial charge in [0.1, 0.15) is 30.4 Å².